The molecule has 0 spiro atoms. The third kappa shape index (κ3) is 4.29. The molecule has 172 valence electrons. The predicted octanol–water partition coefficient (Wildman–Crippen LogP) is 4.45. The summed E-state index contributed by atoms with van der Waals surface area (Å²) in [6.45, 7) is 0.714. The van der Waals surface area contributed by atoms with Gasteiger partial charge < -0.3 is 14.2 Å². The quantitative estimate of drug-likeness (QED) is 0.431. The van der Waals surface area contributed by atoms with Gasteiger partial charge in [-0.3, -0.25) is 9.78 Å². The molecule has 3 aromatic heterocycles. The van der Waals surface area contributed by atoms with E-state index in [0.29, 0.717) is 18.5 Å². The smallest absolute Gasteiger partial charge is 0.254 e. The van der Waals surface area contributed by atoms with Gasteiger partial charge in [0.25, 0.3) is 5.91 Å². The van der Waals surface area contributed by atoms with Crippen LogP contribution >= 0.6 is 0 Å². The molecule has 1 aliphatic heterocycles. The molecular formula is C27H27N5O2. The number of imidazole rings is 1. The van der Waals surface area contributed by atoms with Crippen LogP contribution in [0.15, 0.2) is 73.3 Å². The number of rotatable bonds is 6. The summed E-state index contributed by atoms with van der Waals surface area (Å²) >= 11 is 0. The molecule has 0 radical (unpaired) electrons. The van der Waals surface area contributed by atoms with Crippen molar-refractivity contribution in [2.45, 2.75) is 25.3 Å². The van der Waals surface area contributed by atoms with E-state index in [2.05, 4.69) is 9.97 Å². The molecule has 0 N–H and O–H groups in total. The number of pyridine rings is 2. The number of likely N-dealkylation sites (tertiary alicyclic amines) is 1. The monoisotopic (exact) mass is 453 g/mol. The van der Waals surface area contributed by atoms with Crippen molar-refractivity contribution in [2.24, 2.45) is 7.05 Å². The van der Waals surface area contributed by atoms with Crippen LogP contribution in [-0.2, 0) is 13.5 Å². The Morgan fingerprint density at radius 2 is 2.03 bits per heavy atom. The Kier molecular flexibility index (Phi) is 6.08. The van der Waals surface area contributed by atoms with Gasteiger partial charge in [0.05, 0.1) is 42.8 Å². The summed E-state index contributed by atoms with van der Waals surface area (Å²) in [5.74, 6) is 0.832. The minimum Gasteiger partial charge on any atom is -0.496 e. The lowest BCUT2D eigenvalue weighted by atomic mass is 10.1. The van der Waals surface area contributed by atoms with Gasteiger partial charge in [0.2, 0.25) is 0 Å². The number of aryl methyl sites for hydroxylation is 1. The molecule has 4 heterocycles. The van der Waals surface area contributed by atoms with Crippen molar-refractivity contribution in [3.05, 3.63) is 95.8 Å². The number of para-hydroxylation sites is 1. The van der Waals surface area contributed by atoms with Crippen LogP contribution in [-0.4, -0.2) is 44.0 Å². The van der Waals surface area contributed by atoms with Crippen molar-refractivity contribution in [1.82, 2.24) is 24.4 Å². The van der Waals surface area contributed by atoms with E-state index in [0.717, 1.165) is 46.9 Å². The summed E-state index contributed by atoms with van der Waals surface area (Å²) in [7, 11) is 3.62. The number of hydrogen-bond donors (Lipinski definition) is 0. The molecule has 5 rings (SSSR count). The highest BCUT2D eigenvalue weighted by Gasteiger charge is 2.32. The largest absolute Gasteiger partial charge is 0.496 e. The minimum atomic E-state index is -0.0495. The van der Waals surface area contributed by atoms with E-state index in [-0.39, 0.29) is 11.9 Å². The molecule has 1 amide bonds. The average molecular weight is 454 g/mol. The molecule has 7 heteroatoms. The van der Waals surface area contributed by atoms with Crippen LogP contribution in [0, 0.1) is 0 Å². The zero-order valence-electron chi connectivity index (χ0n) is 19.4. The molecule has 1 atom stereocenters. The minimum absolute atomic E-state index is 0.0129. The normalized spacial score (nSPS) is 15.5. The first kappa shape index (κ1) is 21.8. The lowest BCUT2D eigenvalue weighted by molar-refractivity contribution is 0.0732. The summed E-state index contributed by atoms with van der Waals surface area (Å²) in [6.07, 6.45) is 7.73. The third-order valence-corrected chi connectivity index (χ3v) is 6.33. The van der Waals surface area contributed by atoms with Gasteiger partial charge in [-0.05, 0) is 43.2 Å². The SMILES string of the molecule is COc1ccccc1Cc1cc(C(=O)N2CCCC2c2cccc(-c3cncn3C)n2)ccn1. The van der Waals surface area contributed by atoms with Crippen molar-refractivity contribution in [3.8, 4) is 17.1 Å². The number of carbonyl (C=O) groups is 1. The highest BCUT2D eigenvalue weighted by atomic mass is 16.5. The van der Waals surface area contributed by atoms with Crippen LogP contribution in [0.5, 0.6) is 5.75 Å². The fourth-order valence-corrected chi connectivity index (χ4v) is 4.62. The van der Waals surface area contributed by atoms with Crippen LogP contribution in [0.2, 0.25) is 0 Å². The van der Waals surface area contributed by atoms with Gasteiger partial charge in [0.15, 0.2) is 0 Å². The molecule has 1 fully saturated rings. The molecule has 1 saturated heterocycles. The van der Waals surface area contributed by atoms with Crippen LogP contribution in [0.3, 0.4) is 0 Å². The number of ether oxygens (including phenoxy) is 1. The number of hydrogen-bond acceptors (Lipinski definition) is 5. The summed E-state index contributed by atoms with van der Waals surface area (Å²) in [5.41, 5.74) is 5.25. The maximum atomic E-state index is 13.6. The van der Waals surface area contributed by atoms with Crippen LogP contribution in [0.4, 0.5) is 0 Å². The Balaban J connectivity index is 1.39. The number of nitrogens with zero attached hydrogens (tertiary/aromatic N) is 5. The van der Waals surface area contributed by atoms with E-state index in [4.69, 9.17) is 9.72 Å². The Bertz CT molecular complexity index is 1320. The fraction of sp³-hybridized carbons (Fsp3) is 0.259. The summed E-state index contributed by atoms with van der Waals surface area (Å²) < 4.78 is 7.42. The maximum absolute atomic E-state index is 13.6. The van der Waals surface area contributed by atoms with Gasteiger partial charge in [-0.25, -0.2) is 9.97 Å². The van der Waals surface area contributed by atoms with Crippen molar-refractivity contribution in [1.29, 1.82) is 0 Å². The molecule has 0 aliphatic carbocycles. The third-order valence-electron chi connectivity index (χ3n) is 6.33. The van der Waals surface area contributed by atoms with Gasteiger partial charge in [0, 0.05) is 43.0 Å². The van der Waals surface area contributed by atoms with Crippen molar-refractivity contribution in [2.75, 3.05) is 13.7 Å². The number of amides is 1. The number of benzene rings is 1. The zero-order chi connectivity index (χ0) is 23.5. The number of methoxy groups -OCH3 is 1. The Hall–Kier alpha value is -4.00. The maximum Gasteiger partial charge on any atom is 0.254 e. The molecule has 7 nitrogen and oxygen atoms in total. The van der Waals surface area contributed by atoms with Gasteiger partial charge >= 0.3 is 0 Å². The highest BCUT2D eigenvalue weighted by molar-refractivity contribution is 5.94. The van der Waals surface area contributed by atoms with Gasteiger partial charge in [0.1, 0.15) is 5.75 Å². The van der Waals surface area contributed by atoms with E-state index in [1.807, 2.05) is 71.2 Å². The molecule has 0 bridgehead atoms. The standard InChI is InChI=1S/C27H27N5O2/c1-31-18-28-17-25(31)23-9-5-8-22(30-23)24-10-6-14-32(24)27(33)20-12-13-29-21(16-20)15-19-7-3-4-11-26(19)34-2/h3-5,7-9,11-13,16-18,24H,6,10,14-15H2,1-2H3. The second kappa shape index (κ2) is 9.47. The molecule has 0 saturated carbocycles. The Morgan fingerprint density at radius 3 is 2.85 bits per heavy atom. The summed E-state index contributed by atoms with van der Waals surface area (Å²) in [6, 6.07) is 17.5. The van der Waals surface area contributed by atoms with Crippen molar-refractivity contribution >= 4 is 5.91 Å². The van der Waals surface area contributed by atoms with Crippen LogP contribution in [0.1, 0.15) is 46.2 Å². The van der Waals surface area contributed by atoms with E-state index in [9.17, 15) is 4.79 Å². The number of aromatic nitrogens is 4. The predicted molar refractivity (Wildman–Crippen MR) is 129 cm³/mol. The van der Waals surface area contributed by atoms with E-state index in [1.54, 1.807) is 25.7 Å². The van der Waals surface area contributed by atoms with Gasteiger partial charge in [-0.2, -0.15) is 0 Å². The van der Waals surface area contributed by atoms with Crippen molar-refractivity contribution in [3.63, 3.8) is 0 Å². The molecule has 1 aliphatic rings. The second-order valence-corrected chi connectivity index (χ2v) is 8.52. The van der Waals surface area contributed by atoms with E-state index in [1.165, 1.54) is 0 Å². The van der Waals surface area contributed by atoms with Crippen molar-refractivity contribution < 1.29 is 9.53 Å². The average Bonchev–Trinajstić information content (AvgIpc) is 3.53. The molecule has 4 aromatic rings. The molecular weight excluding hydrogens is 426 g/mol. The second-order valence-electron chi connectivity index (χ2n) is 8.52. The van der Waals surface area contributed by atoms with Crippen LogP contribution in [0.25, 0.3) is 11.4 Å². The first-order valence-corrected chi connectivity index (χ1v) is 11.5. The molecule has 34 heavy (non-hydrogen) atoms. The lowest BCUT2D eigenvalue weighted by Gasteiger charge is -2.25. The topological polar surface area (TPSA) is 73.1 Å². The first-order chi connectivity index (χ1) is 16.6. The first-order valence-electron chi connectivity index (χ1n) is 11.5. The summed E-state index contributed by atoms with van der Waals surface area (Å²) in [5, 5.41) is 0. The Morgan fingerprint density at radius 1 is 1.15 bits per heavy atom. The molecule has 1 aromatic carbocycles. The number of carbonyl (C=O) groups excluding carboxylic acids is 1. The highest BCUT2D eigenvalue weighted by Crippen LogP contribution is 2.33. The van der Waals surface area contributed by atoms with Gasteiger partial charge in [-0.15, -0.1) is 0 Å². The molecule has 1 unspecified atom stereocenters. The van der Waals surface area contributed by atoms with E-state index < -0.39 is 0 Å². The van der Waals surface area contributed by atoms with Crippen LogP contribution < -0.4 is 4.74 Å². The lowest BCUT2D eigenvalue weighted by Crippen LogP contribution is -2.31. The van der Waals surface area contributed by atoms with Gasteiger partial charge in [-0.1, -0.05) is 24.3 Å². The Labute approximate surface area is 199 Å². The summed E-state index contributed by atoms with van der Waals surface area (Å²) in [4.78, 5) is 29.1. The fourth-order valence-electron chi connectivity index (χ4n) is 4.62. The zero-order valence-corrected chi connectivity index (χ0v) is 19.4. The van der Waals surface area contributed by atoms with E-state index >= 15 is 0 Å².